The zero-order chi connectivity index (χ0) is 20.7. The number of ether oxygens (including phenoxy) is 1. The molecule has 0 unspecified atom stereocenters. The number of aryl methyl sites for hydroxylation is 1. The molecule has 0 radical (unpaired) electrons. The summed E-state index contributed by atoms with van der Waals surface area (Å²) in [6.45, 7) is 1.67. The highest BCUT2D eigenvalue weighted by Gasteiger charge is 2.31. The summed E-state index contributed by atoms with van der Waals surface area (Å²) in [6, 6.07) is 6.02. The average Bonchev–Trinajstić information content (AvgIpc) is 2.91. The second-order valence-electron chi connectivity index (χ2n) is 6.75. The Kier molecular flexibility index (Phi) is 9.18. The first kappa shape index (κ1) is 24.2. The molecule has 166 valence electrons. The Morgan fingerprint density at radius 2 is 1.97 bits per heavy atom. The number of para-hydroxylation sites is 1. The van der Waals surface area contributed by atoms with Crippen LogP contribution in [0, 0.1) is 0 Å². The maximum absolute atomic E-state index is 12.5. The summed E-state index contributed by atoms with van der Waals surface area (Å²) in [4.78, 5) is 4.12. The van der Waals surface area contributed by atoms with Crippen LogP contribution in [0.3, 0.4) is 0 Å². The molecule has 0 fully saturated rings. The van der Waals surface area contributed by atoms with Crippen molar-refractivity contribution in [2.24, 2.45) is 4.99 Å². The Morgan fingerprint density at radius 1 is 1.17 bits per heavy atom. The molecule has 1 aliphatic heterocycles. The third-order valence-corrected chi connectivity index (χ3v) is 4.70. The van der Waals surface area contributed by atoms with Crippen LogP contribution in [0.15, 0.2) is 29.3 Å². The highest BCUT2D eigenvalue weighted by Crippen LogP contribution is 2.26. The van der Waals surface area contributed by atoms with Gasteiger partial charge in [-0.05, 0) is 18.9 Å². The van der Waals surface area contributed by atoms with Gasteiger partial charge in [0.05, 0.1) is 0 Å². The summed E-state index contributed by atoms with van der Waals surface area (Å²) >= 11 is 0. The van der Waals surface area contributed by atoms with Crippen molar-refractivity contribution in [1.82, 2.24) is 25.4 Å². The number of aromatic nitrogens is 3. The van der Waals surface area contributed by atoms with Crippen molar-refractivity contribution in [2.75, 3.05) is 13.6 Å². The molecule has 0 amide bonds. The van der Waals surface area contributed by atoms with Crippen LogP contribution in [-0.2, 0) is 25.9 Å². The summed E-state index contributed by atoms with van der Waals surface area (Å²) < 4.78 is 43.9. The van der Waals surface area contributed by atoms with Crippen LogP contribution in [0.25, 0.3) is 0 Å². The largest absolute Gasteiger partial charge is 0.573 e. The van der Waals surface area contributed by atoms with Gasteiger partial charge in [-0.15, -0.1) is 47.3 Å². The van der Waals surface area contributed by atoms with E-state index in [1.165, 1.54) is 18.6 Å². The maximum atomic E-state index is 12.5. The lowest BCUT2D eigenvalue weighted by atomic mass is 10.2. The molecule has 0 atom stereocenters. The van der Waals surface area contributed by atoms with Gasteiger partial charge in [0.2, 0.25) is 0 Å². The van der Waals surface area contributed by atoms with Crippen LogP contribution < -0.4 is 15.4 Å². The van der Waals surface area contributed by atoms with Crippen LogP contribution in [0.2, 0.25) is 0 Å². The number of guanidine groups is 1. The molecule has 1 aromatic heterocycles. The van der Waals surface area contributed by atoms with Gasteiger partial charge in [0.15, 0.2) is 5.96 Å². The first-order valence-corrected chi connectivity index (χ1v) is 9.65. The first-order valence-electron chi connectivity index (χ1n) is 9.65. The number of nitrogens with zero attached hydrogens (tertiary/aromatic N) is 4. The van der Waals surface area contributed by atoms with E-state index in [2.05, 4.69) is 35.1 Å². The normalized spacial score (nSPS) is 14.3. The highest BCUT2D eigenvalue weighted by atomic mass is 127. The molecule has 0 aliphatic carbocycles. The summed E-state index contributed by atoms with van der Waals surface area (Å²) in [5.41, 5.74) is 0.385. The predicted molar refractivity (Wildman–Crippen MR) is 118 cm³/mol. The van der Waals surface area contributed by atoms with Crippen molar-refractivity contribution in [3.63, 3.8) is 0 Å². The number of nitrogens with one attached hydrogen (secondary N) is 2. The van der Waals surface area contributed by atoms with Gasteiger partial charge in [0.1, 0.15) is 17.4 Å². The molecule has 2 aromatic rings. The quantitative estimate of drug-likeness (QED) is 0.335. The van der Waals surface area contributed by atoms with Crippen molar-refractivity contribution < 1.29 is 17.9 Å². The van der Waals surface area contributed by atoms with Gasteiger partial charge in [-0.2, -0.15) is 0 Å². The smallest absolute Gasteiger partial charge is 0.405 e. The maximum Gasteiger partial charge on any atom is 0.573 e. The van der Waals surface area contributed by atoms with Gasteiger partial charge in [-0.3, -0.25) is 4.99 Å². The topological polar surface area (TPSA) is 76.4 Å². The third-order valence-electron chi connectivity index (χ3n) is 4.70. The number of rotatable bonds is 6. The number of hydrogen-bond acceptors (Lipinski definition) is 4. The fourth-order valence-electron chi connectivity index (χ4n) is 3.30. The van der Waals surface area contributed by atoms with E-state index in [4.69, 9.17) is 0 Å². The number of aliphatic imine (C=N–C) groups is 1. The molecular formula is C19H26F3IN6O. The van der Waals surface area contributed by atoms with Crippen LogP contribution in [0.5, 0.6) is 5.75 Å². The molecule has 2 heterocycles. The Balaban J connectivity index is 0.00000320. The van der Waals surface area contributed by atoms with E-state index in [0.29, 0.717) is 24.5 Å². The lowest BCUT2D eigenvalue weighted by Crippen LogP contribution is -2.38. The van der Waals surface area contributed by atoms with E-state index in [0.717, 1.165) is 37.5 Å². The summed E-state index contributed by atoms with van der Waals surface area (Å²) in [7, 11) is 1.61. The minimum absolute atomic E-state index is 0. The molecule has 11 heteroatoms. The van der Waals surface area contributed by atoms with E-state index in [1.54, 1.807) is 19.2 Å². The lowest BCUT2D eigenvalue weighted by Gasteiger charge is -2.15. The number of fused-ring (bicyclic) bond motifs is 1. The zero-order valence-corrected chi connectivity index (χ0v) is 19.0. The molecule has 0 bridgehead atoms. The molecule has 0 spiro atoms. The molecule has 1 aliphatic rings. The Morgan fingerprint density at radius 3 is 2.73 bits per heavy atom. The first-order chi connectivity index (χ1) is 14.0. The van der Waals surface area contributed by atoms with Gasteiger partial charge < -0.3 is 19.9 Å². The van der Waals surface area contributed by atoms with Gasteiger partial charge >= 0.3 is 6.36 Å². The summed E-state index contributed by atoms with van der Waals surface area (Å²) in [6.07, 6.45) is 0.397. The van der Waals surface area contributed by atoms with Crippen molar-refractivity contribution in [3.05, 3.63) is 41.5 Å². The van der Waals surface area contributed by atoms with Crippen LogP contribution >= 0.6 is 24.0 Å². The molecule has 7 nitrogen and oxygen atoms in total. The molecule has 30 heavy (non-hydrogen) atoms. The molecule has 1 aromatic carbocycles. The summed E-state index contributed by atoms with van der Waals surface area (Å²) in [5, 5.41) is 14.7. The number of hydrogen-bond donors (Lipinski definition) is 2. The lowest BCUT2D eigenvalue weighted by molar-refractivity contribution is -0.274. The summed E-state index contributed by atoms with van der Waals surface area (Å²) in [5.74, 6) is 2.24. The molecule has 3 rings (SSSR count). The highest BCUT2D eigenvalue weighted by molar-refractivity contribution is 14.0. The van der Waals surface area contributed by atoms with E-state index in [1.807, 2.05) is 0 Å². The van der Waals surface area contributed by atoms with Crippen molar-refractivity contribution in [3.8, 4) is 5.75 Å². The molecular weight excluding hydrogens is 512 g/mol. The second-order valence-corrected chi connectivity index (χ2v) is 6.75. The Bertz CT molecular complexity index is 840. The van der Waals surface area contributed by atoms with Crippen molar-refractivity contribution in [2.45, 2.75) is 51.6 Å². The fourth-order valence-corrected chi connectivity index (χ4v) is 3.30. The molecule has 0 saturated carbocycles. The van der Waals surface area contributed by atoms with Crippen LogP contribution in [0.4, 0.5) is 13.2 Å². The van der Waals surface area contributed by atoms with Gasteiger partial charge in [-0.25, -0.2) is 0 Å². The van der Waals surface area contributed by atoms with Crippen LogP contribution in [-0.4, -0.2) is 40.7 Å². The number of alkyl halides is 3. The minimum atomic E-state index is -4.73. The minimum Gasteiger partial charge on any atom is -0.405 e. The van der Waals surface area contributed by atoms with Crippen molar-refractivity contribution >= 4 is 29.9 Å². The third kappa shape index (κ3) is 7.03. The van der Waals surface area contributed by atoms with E-state index in [9.17, 15) is 13.2 Å². The Hall–Kier alpha value is -2.05. The van der Waals surface area contributed by atoms with Gasteiger partial charge in [0, 0.05) is 45.1 Å². The predicted octanol–water partition coefficient (Wildman–Crippen LogP) is 3.43. The molecule has 0 saturated heterocycles. The van der Waals surface area contributed by atoms with E-state index >= 15 is 0 Å². The van der Waals surface area contributed by atoms with Gasteiger partial charge in [-0.1, -0.05) is 24.6 Å². The number of halogens is 4. The number of benzene rings is 1. The standard InChI is InChI=1S/C19H25F3N6O.HI/c1-23-18(25-13-14-7-4-5-8-15(14)29-19(20,21)22)24-11-10-17-27-26-16-9-3-2-6-12-28(16)17;/h4-5,7-8H,2-3,6,9-13H2,1H3,(H2,23,24,25);1H. The second kappa shape index (κ2) is 11.4. The monoisotopic (exact) mass is 538 g/mol. The van der Waals surface area contributed by atoms with E-state index in [-0.39, 0.29) is 36.3 Å². The Labute approximate surface area is 190 Å². The van der Waals surface area contributed by atoms with Gasteiger partial charge in [0.25, 0.3) is 0 Å². The van der Waals surface area contributed by atoms with Crippen LogP contribution in [0.1, 0.15) is 36.5 Å². The SMILES string of the molecule is CN=C(NCCc1nnc2n1CCCCC2)NCc1ccccc1OC(F)(F)F.I. The molecule has 2 N–H and O–H groups in total. The zero-order valence-electron chi connectivity index (χ0n) is 16.7. The fraction of sp³-hybridized carbons (Fsp3) is 0.526. The van der Waals surface area contributed by atoms with Crippen molar-refractivity contribution in [1.29, 1.82) is 0 Å². The average molecular weight is 538 g/mol. The van der Waals surface area contributed by atoms with E-state index < -0.39 is 6.36 Å².